The normalized spacial score (nSPS) is 14.4. The molecule has 1 heterocycles. The van der Waals surface area contributed by atoms with Gasteiger partial charge in [-0.25, -0.2) is 4.98 Å². The van der Waals surface area contributed by atoms with Gasteiger partial charge in [0.2, 0.25) is 0 Å². The maximum absolute atomic E-state index is 11.8. The second-order valence-corrected chi connectivity index (χ2v) is 5.27. The van der Waals surface area contributed by atoms with Crippen LogP contribution in [0, 0.1) is 0 Å². The molecule has 1 aromatic rings. The fourth-order valence-corrected chi connectivity index (χ4v) is 2.24. The number of nitrogens with two attached hydrogens (primary N) is 1. The highest BCUT2D eigenvalue weighted by molar-refractivity contribution is 7.09. The molecule has 0 saturated heterocycles. The number of hydrogen-bond donors (Lipinski definition) is 2. The first-order valence-corrected chi connectivity index (χ1v) is 6.94. The Hall–Kier alpha value is -0.940. The molecule has 2 unspecified atom stereocenters. The van der Waals surface area contributed by atoms with Crippen LogP contribution < -0.4 is 11.1 Å². The third kappa shape index (κ3) is 4.44. The van der Waals surface area contributed by atoms with E-state index < -0.39 is 0 Å². The van der Waals surface area contributed by atoms with Gasteiger partial charge in [0.05, 0.1) is 6.04 Å². The zero-order valence-corrected chi connectivity index (χ0v) is 11.5. The minimum absolute atomic E-state index is 0.100. The van der Waals surface area contributed by atoms with Gasteiger partial charge in [-0.3, -0.25) is 4.79 Å². The van der Waals surface area contributed by atoms with Crippen molar-refractivity contribution < 1.29 is 4.79 Å². The zero-order chi connectivity index (χ0) is 12.8. The SMILES string of the molecule is CCCCC(C)NC(=O)c1csc(C(C)N)n1. The minimum Gasteiger partial charge on any atom is -0.348 e. The van der Waals surface area contributed by atoms with Gasteiger partial charge in [0.15, 0.2) is 0 Å². The van der Waals surface area contributed by atoms with Crippen LogP contribution in [-0.2, 0) is 0 Å². The van der Waals surface area contributed by atoms with E-state index in [0.29, 0.717) is 5.69 Å². The molecule has 0 aliphatic carbocycles. The van der Waals surface area contributed by atoms with Gasteiger partial charge in [0, 0.05) is 11.4 Å². The molecule has 1 aromatic heterocycles. The van der Waals surface area contributed by atoms with Gasteiger partial charge in [-0.15, -0.1) is 11.3 Å². The Morgan fingerprint density at radius 3 is 2.82 bits per heavy atom. The lowest BCUT2D eigenvalue weighted by Crippen LogP contribution is -2.32. The Bertz CT molecular complexity index is 362. The number of rotatable bonds is 6. The van der Waals surface area contributed by atoms with Crippen molar-refractivity contribution in [2.75, 3.05) is 0 Å². The van der Waals surface area contributed by atoms with Crippen LogP contribution in [0.4, 0.5) is 0 Å². The number of aromatic nitrogens is 1. The van der Waals surface area contributed by atoms with E-state index in [-0.39, 0.29) is 18.0 Å². The number of amides is 1. The molecule has 2 atom stereocenters. The van der Waals surface area contributed by atoms with E-state index in [9.17, 15) is 4.79 Å². The fourth-order valence-electron chi connectivity index (χ4n) is 1.48. The van der Waals surface area contributed by atoms with Crippen molar-refractivity contribution in [1.82, 2.24) is 10.3 Å². The fraction of sp³-hybridized carbons (Fsp3) is 0.667. The van der Waals surface area contributed by atoms with Gasteiger partial charge >= 0.3 is 0 Å². The van der Waals surface area contributed by atoms with Crippen LogP contribution in [0.25, 0.3) is 0 Å². The van der Waals surface area contributed by atoms with Gasteiger partial charge in [0.25, 0.3) is 5.91 Å². The molecule has 5 heteroatoms. The van der Waals surface area contributed by atoms with E-state index in [0.717, 1.165) is 24.3 Å². The van der Waals surface area contributed by atoms with Crippen LogP contribution in [0.1, 0.15) is 61.6 Å². The third-order valence-corrected chi connectivity index (χ3v) is 3.56. The summed E-state index contributed by atoms with van der Waals surface area (Å²) >= 11 is 1.43. The number of thiazole rings is 1. The lowest BCUT2D eigenvalue weighted by Gasteiger charge is -2.11. The van der Waals surface area contributed by atoms with Crippen molar-refractivity contribution in [2.24, 2.45) is 5.73 Å². The van der Waals surface area contributed by atoms with E-state index in [1.807, 2.05) is 13.8 Å². The van der Waals surface area contributed by atoms with Crippen LogP contribution in [-0.4, -0.2) is 16.9 Å². The minimum atomic E-state index is -0.112. The standard InChI is InChI=1S/C12H21N3OS/c1-4-5-6-8(2)14-11(16)10-7-17-12(15-10)9(3)13/h7-9H,4-6,13H2,1-3H3,(H,14,16). The summed E-state index contributed by atoms with van der Waals surface area (Å²) in [6.07, 6.45) is 3.28. The maximum Gasteiger partial charge on any atom is 0.270 e. The molecule has 0 fully saturated rings. The number of carbonyl (C=O) groups excluding carboxylic acids is 1. The van der Waals surface area contributed by atoms with Crippen molar-refractivity contribution in [3.63, 3.8) is 0 Å². The van der Waals surface area contributed by atoms with Crippen molar-refractivity contribution in [3.8, 4) is 0 Å². The Kier molecular flexibility index (Phi) is 5.58. The van der Waals surface area contributed by atoms with Crippen LogP contribution >= 0.6 is 11.3 Å². The maximum atomic E-state index is 11.8. The summed E-state index contributed by atoms with van der Waals surface area (Å²) in [5.74, 6) is -0.100. The molecular formula is C12H21N3OS. The van der Waals surface area contributed by atoms with E-state index in [4.69, 9.17) is 5.73 Å². The van der Waals surface area contributed by atoms with Crippen molar-refractivity contribution in [3.05, 3.63) is 16.1 Å². The van der Waals surface area contributed by atoms with E-state index >= 15 is 0 Å². The van der Waals surface area contributed by atoms with Gasteiger partial charge in [-0.2, -0.15) is 0 Å². The van der Waals surface area contributed by atoms with Crippen LogP contribution in [0.15, 0.2) is 5.38 Å². The molecular weight excluding hydrogens is 234 g/mol. The third-order valence-electron chi connectivity index (χ3n) is 2.51. The summed E-state index contributed by atoms with van der Waals surface area (Å²) in [4.78, 5) is 16.1. The molecule has 96 valence electrons. The first-order chi connectivity index (χ1) is 8.04. The molecule has 0 aliphatic heterocycles. The Labute approximate surface area is 107 Å². The highest BCUT2D eigenvalue weighted by Crippen LogP contribution is 2.15. The van der Waals surface area contributed by atoms with Gasteiger partial charge < -0.3 is 11.1 Å². The number of carbonyl (C=O) groups is 1. The lowest BCUT2D eigenvalue weighted by atomic mass is 10.1. The smallest absolute Gasteiger partial charge is 0.270 e. The topological polar surface area (TPSA) is 68.0 Å². The molecule has 0 radical (unpaired) electrons. The number of nitrogens with one attached hydrogen (secondary N) is 1. The molecule has 0 aliphatic rings. The van der Waals surface area contributed by atoms with Gasteiger partial charge in [-0.05, 0) is 20.3 Å². The van der Waals surface area contributed by atoms with Crippen molar-refractivity contribution in [2.45, 2.75) is 52.1 Å². The molecule has 1 rings (SSSR count). The second-order valence-electron chi connectivity index (χ2n) is 4.38. The molecule has 4 nitrogen and oxygen atoms in total. The molecule has 3 N–H and O–H groups in total. The summed E-state index contributed by atoms with van der Waals surface area (Å²) in [6, 6.07) is 0.0852. The van der Waals surface area contributed by atoms with E-state index in [1.165, 1.54) is 11.3 Å². The van der Waals surface area contributed by atoms with Crippen LogP contribution in [0.3, 0.4) is 0 Å². The number of unbranched alkanes of at least 4 members (excludes halogenated alkanes) is 1. The lowest BCUT2D eigenvalue weighted by molar-refractivity contribution is 0.0933. The first-order valence-electron chi connectivity index (χ1n) is 6.06. The van der Waals surface area contributed by atoms with Crippen LogP contribution in [0.2, 0.25) is 0 Å². The van der Waals surface area contributed by atoms with Crippen LogP contribution in [0.5, 0.6) is 0 Å². The molecule has 0 spiro atoms. The molecule has 0 saturated carbocycles. The Morgan fingerprint density at radius 2 is 2.29 bits per heavy atom. The average molecular weight is 255 g/mol. The van der Waals surface area contributed by atoms with E-state index in [1.54, 1.807) is 5.38 Å². The number of hydrogen-bond acceptors (Lipinski definition) is 4. The quantitative estimate of drug-likeness (QED) is 0.820. The summed E-state index contributed by atoms with van der Waals surface area (Å²) in [7, 11) is 0. The molecule has 0 bridgehead atoms. The van der Waals surface area contributed by atoms with Crippen molar-refractivity contribution >= 4 is 17.2 Å². The Balaban J connectivity index is 2.51. The average Bonchev–Trinajstić information content (AvgIpc) is 2.75. The predicted molar refractivity (Wildman–Crippen MR) is 71.2 cm³/mol. The highest BCUT2D eigenvalue weighted by atomic mass is 32.1. The van der Waals surface area contributed by atoms with E-state index in [2.05, 4.69) is 17.2 Å². The van der Waals surface area contributed by atoms with Gasteiger partial charge in [-0.1, -0.05) is 19.8 Å². The Morgan fingerprint density at radius 1 is 1.59 bits per heavy atom. The molecule has 0 aromatic carbocycles. The summed E-state index contributed by atoms with van der Waals surface area (Å²) in [5, 5.41) is 5.51. The predicted octanol–water partition coefficient (Wildman–Crippen LogP) is 2.47. The summed E-state index contributed by atoms with van der Waals surface area (Å²) in [6.45, 7) is 6.03. The molecule has 1 amide bonds. The largest absolute Gasteiger partial charge is 0.348 e. The zero-order valence-electron chi connectivity index (χ0n) is 10.7. The summed E-state index contributed by atoms with van der Waals surface area (Å²) in [5.41, 5.74) is 6.19. The second kappa shape index (κ2) is 6.71. The monoisotopic (exact) mass is 255 g/mol. The molecule has 17 heavy (non-hydrogen) atoms. The summed E-state index contributed by atoms with van der Waals surface area (Å²) < 4.78 is 0. The highest BCUT2D eigenvalue weighted by Gasteiger charge is 2.14. The number of nitrogens with zero attached hydrogens (tertiary/aromatic N) is 1. The first kappa shape index (κ1) is 14.1. The van der Waals surface area contributed by atoms with Crippen molar-refractivity contribution in [1.29, 1.82) is 0 Å². The van der Waals surface area contributed by atoms with Gasteiger partial charge in [0.1, 0.15) is 10.7 Å².